The van der Waals surface area contributed by atoms with Crippen LogP contribution >= 0.6 is 0 Å². The van der Waals surface area contributed by atoms with Crippen LogP contribution in [0, 0.1) is 0 Å². The third-order valence-electron chi connectivity index (χ3n) is 5.36. The average Bonchev–Trinajstić information content (AvgIpc) is 3.39. The molecule has 1 saturated carbocycles. The first-order chi connectivity index (χ1) is 14.6. The lowest BCUT2D eigenvalue weighted by atomic mass is 10.2. The molecule has 1 aromatic carbocycles. The lowest BCUT2D eigenvalue weighted by molar-refractivity contribution is 0.0815. The minimum atomic E-state index is -0.0210. The molecule has 4 rings (SSSR count). The lowest BCUT2D eigenvalue weighted by Crippen LogP contribution is -2.25. The molecule has 1 aliphatic rings. The number of hydrogen-bond donors (Lipinski definition) is 2. The van der Waals surface area contributed by atoms with Crippen LogP contribution in [-0.4, -0.2) is 57.8 Å². The third-order valence-corrected chi connectivity index (χ3v) is 5.36. The van der Waals surface area contributed by atoms with E-state index in [9.17, 15) is 4.79 Å². The van der Waals surface area contributed by atoms with Crippen molar-refractivity contribution in [3.8, 4) is 5.75 Å². The number of nitrogens with zero attached hydrogens (tertiary/aromatic N) is 4. The van der Waals surface area contributed by atoms with Crippen LogP contribution in [0.5, 0.6) is 5.75 Å². The van der Waals surface area contributed by atoms with E-state index >= 15 is 0 Å². The van der Waals surface area contributed by atoms with Gasteiger partial charge in [-0.2, -0.15) is 4.98 Å². The maximum absolute atomic E-state index is 12.8. The van der Waals surface area contributed by atoms with Crippen molar-refractivity contribution in [1.82, 2.24) is 19.4 Å². The van der Waals surface area contributed by atoms with E-state index in [1.165, 1.54) is 12.8 Å². The molecule has 1 fully saturated rings. The summed E-state index contributed by atoms with van der Waals surface area (Å²) in [5, 5.41) is 12.9. The second kappa shape index (κ2) is 8.71. The van der Waals surface area contributed by atoms with Gasteiger partial charge in [0.2, 0.25) is 5.95 Å². The Kier molecular flexibility index (Phi) is 5.85. The summed E-state index contributed by atoms with van der Waals surface area (Å²) in [5.74, 6) is 1.15. The largest absolute Gasteiger partial charge is 0.491 e. The van der Waals surface area contributed by atoms with E-state index in [4.69, 9.17) is 14.8 Å². The summed E-state index contributed by atoms with van der Waals surface area (Å²) in [6.07, 6.45) is 6.21. The first-order valence-electron chi connectivity index (χ1n) is 10.3. The number of fused-ring (bicyclic) bond motifs is 1. The average molecular weight is 409 g/mol. The zero-order chi connectivity index (χ0) is 21.1. The Labute approximate surface area is 175 Å². The molecule has 0 unspecified atom stereocenters. The van der Waals surface area contributed by atoms with Crippen LogP contribution in [0.4, 0.5) is 11.6 Å². The number of carbonyl (C=O) groups excluding carboxylic acids is 1. The predicted molar refractivity (Wildman–Crippen MR) is 115 cm³/mol. The van der Waals surface area contributed by atoms with Crippen LogP contribution in [0.25, 0.3) is 11.0 Å². The highest BCUT2D eigenvalue weighted by atomic mass is 16.5. The monoisotopic (exact) mass is 409 g/mol. The van der Waals surface area contributed by atoms with Gasteiger partial charge in [0.15, 0.2) is 0 Å². The van der Waals surface area contributed by atoms with E-state index in [2.05, 4.69) is 14.9 Å². The van der Waals surface area contributed by atoms with Crippen molar-refractivity contribution < 1.29 is 14.6 Å². The highest BCUT2D eigenvalue weighted by Crippen LogP contribution is 2.35. The van der Waals surface area contributed by atoms with Gasteiger partial charge in [-0.05, 0) is 43.2 Å². The summed E-state index contributed by atoms with van der Waals surface area (Å²) >= 11 is 0. The molecule has 8 heteroatoms. The number of nitrogens with one attached hydrogen (secondary N) is 1. The second-order valence-electron chi connectivity index (χ2n) is 7.73. The predicted octanol–water partition coefficient (Wildman–Crippen LogP) is 3.36. The van der Waals surface area contributed by atoms with Gasteiger partial charge in [0.1, 0.15) is 23.7 Å². The zero-order valence-corrected chi connectivity index (χ0v) is 17.3. The van der Waals surface area contributed by atoms with Crippen LogP contribution in [0.15, 0.2) is 36.5 Å². The van der Waals surface area contributed by atoms with E-state index in [1.807, 2.05) is 30.3 Å². The molecule has 0 aliphatic heterocycles. The molecule has 8 nitrogen and oxygen atoms in total. The van der Waals surface area contributed by atoms with Crippen LogP contribution in [0.1, 0.15) is 42.2 Å². The molecule has 0 radical (unpaired) electrons. The van der Waals surface area contributed by atoms with Gasteiger partial charge in [-0.1, -0.05) is 12.8 Å². The van der Waals surface area contributed by atoms with Crippen molar-refractivity contribution in [2.45, 2.75) is 31.7 Å². The number of rotatable bonds is 7. The highest BCUT2D eigenvalue weighted by molar-refractivity contribution is 5.97. The number of anilines is 2. The Bertz CT molecular complexity index is 1020. The molecule has 0 bridgehead atoms. The van der Waals surface area contributed by atoms with Crippen LogP contribution in [0.3, 0.4) is 0 Å². The summed E-state index contributed by atoms with van der Waals surface area (Å²) in [4.78, 5) is 23.6. The molecule has 1 amide bonds. The van der Waals surface area contributed by atoms with Crippen LogP contribution in [-0.2, 0) is 0 Å². The summed E-state index contributed by atoms with van der Waals surface area (Å²) in [6, 6.07) is 9.57. The Morgan fingerprint density at radius 2 is 2.00 bits per heavy atom. The molecular weight excluding hydrogens is 382 g/mol. The number of aliphatic hydroxyl groups is 1. The lowest BCUT2D eigenvalue weighted by Gasteiger charge is -2.19. The molecule has 2 N–H and O–H groups in total. The van der Waals surface area contributed by atoms with Gasteiger partial charge >= 0.3 is 0 Å². The number of aromatic nitrogens is 3. The number of aliphatic hydroxyl groups excluding tert-OH is 1. The minimum absolute atomic E-state index is 0.0205. The van der Waals surface area contributed by atoms with E-state index in [0.717, 1.165) is 29.6 Å². The molecule has 30 heavy (non-hydrogen) atoms. The third kappa shape index (κ3) is 4.09. The second-order valence-corrected chi connectivity index (χ2v) is 7.73. The molecular formula is C22H27N5O3. The Hall–Kier alpha value is -3.13. The van der Waals surface area contributed by atoms with Gasteiger partial charge in [-0.25, -0.2) is 4.98 Å². The van der Waals surface area contributed by atoms with E-state index in [-0.39, 0.29) is 25.2 Å². The van der Waals surface area contributed by atoms with Gasteiger partial charge in [-0.3, -0.25) is 4.79 Å². The molecule has 0 spiro atoms. The van der Waals surface area contributed by atoms with E-state index in [1.54, 1.807) is 25.2 Å². The topological polar surface area (TPSA) is 92.5 Å². The van der Waals surface area contributed by atoms with Crippen LogP contribution in [0.2, 0.25) is 0 Å². The number of benzene rings is 1. The van der Waals surface area contributed by atoms with E-state index < -0.39 is 0 Å². The van der Waals surface area contributed by atoms with Crippen molar-refractivity contribution in [2.75, 3.05) is 32.6 Å². The first-order valence-corrected chi connectivity index (χ1v) is 10.3. The molecule has 3 aromatic rings. The fourth-order valence-corrected chi connectivity index (χ4v) is 3.92. The summed E-state index contributed by atoms with van der Waals surface area (Å²) in [6.45, 7) is 0.242. The van der Waals surface area contributed by atoms with Gasteiger partial charge in [0, 0.05) is 37.4 Å². The summed E-state index contributed by atoms with van der Waals surface area (Å²) in [7, 11) is 3.54. The number of carbonyl (C=O) groups is 1. The first kappa shape index (κ1) is 20.2. The van der Waals surface area contributed by atoms with Crippen molar-refractivity contribution in [2.24, 2.45) is 0 Å². The van der Waals surface area contributed by atoms with Crippen molar-refractivity contribution in [3.05, 3.63) is 42.2 Å². The van der Waals surface area contributed by atoms with Crippen LogP contribution < -0.4 is 10.1 Å². The highest BCUT2D eigenvalue weighted by Gasteiger charge is 2.26. The fourth-order valence-electron chi connectivity index (χ4n) is 3.92. The van der Waals surface area contributed by atoms with Gasteiger partial charge in [-0.15, -0.1) is 0 Å². The molecule has 2 aromatic heterocycles. The van der Waals surface area contributed by atoms with E-state index in [0.29, 0.717) is 17.4 Å². The smallest absolute Gasteiger partial charge is 0.270 e. The number of amides is 1. The van der Waals surface area contributed by atoms with Gasteiger partial charge < -0.3 is 24.6 Å². The molecule has 2 heterocycles. The standard InChI is InChI=1S/C22H27N5O3/c1-26(2)21(29)19-13-15-14-23-22(25-20(15)27(19)17-5-3-4-6-17)24-16-7-9-18(10-8-16)30-12-11-28/h7-10,13-14,17,28H,3-6,11-12H2,1-2H3,(H,23,24,25). The quantitative estimate of drug-likeness (QED) is 0.622. The Morgan fingerprint density at radius 1 is 1.27 bits per heavy atom. The van der Waals surface area contributed by atoms with Gasteiger partial charge in [0.25, 0.3) is 5.91 Å². The maximum Gasteiger partial charge on any atom is 0.270 e. The number of hydrogen-bond acceptors (Lipinski definition) is 6. The molecule has 158 valence electrons. The Morgan fingerprint density at radius 3 is 2.67 bits per heavy atom. The molecule has 1 aliphatic carbocycles. The van der Waals surface area contributed by atoms with Crippen molar-refractivity contribution in [1.29, 1.82) is 0 Å². The molecule has 0 saturated heterocycles. The Balaban J connectivity index is 1.65. The normalized spacial score (nSPS) is 14.2. The van der Waals surface area contributed by atoms with Gasteiger partial charge in [0.05, 0.1) is 6.61 Å². The zero-order valence-electron chi connectivity index (χ0n) is 17.3. The number of ether oxygens (including phenoxy) is 1. The minimum Gasteiger partial charge on any atom is -0.491 e. The van der Waals surface area contributed by atoms with Crippen molar-refractivity contribution in [3.63, 3.8) is 0 Å². The fraction of sp³-hybridized carbons (Fsp3) is 0.409. The summed E-state index contributed by atoms with van der Waals surface area (Å²) in [5.41, 5.74) is 2.28. The SMILES string of the molecule is CN(C)C(=O)c1cc2cnc(Nc3ccc(OCCO)cc3)nc2n1C1CCCC1. The maximum atomic E-state index is 12.8. The summed E-state index contributed by atoms with van der Waals surface area (Å²) < 4.78 is 7.49. The molecule has 0 atom stereocenters. The van der Waals surface area contributed by atoms with Crippen molar-refractivity contribution >= 4 is 28.6 Å².